The molecular weight excluding hydrogens is 134 g/mol. The molecule has 0 spiro atoms. The van der Waals surface area contributed by atoms with Gasteiger partial charge in [0.1, 0.15) is 0 Å². The van der Waals surface area contributed by atoms with Crippen molar-refractivity contribution in [1.82, 2.24) is 5.32 Å². The molecule has 0 amide bonds. The second-order valence-corrected chi connectivity index (χ2v) is 3.95. The summed E-state index contributed by atoms with van der Waals surface area (Å²) in [5, 5.41) is 3.68. The normalized spacial score (nSPS) is 30.5. The molecule has 0 atom stereocenters. The first kappa shape index (κ1) is 9.05. The summed E-state index contributed by atoms with van der Waals surface area (Å²) >= 11 is 0. The Kier molecular flexibility index (Phi) is 3.38. The Morgan fingerprint density at radius 2 is 1.82 bits per heavy atom. The van der Waals surface area contributed by atoms with Gasteiger partial charge in [0.05, 0.1) is 0 Å². The van der Waals surface area contributed by atoms with Gasteiger partial charge >= 0.3 is 0 Å². The van der Waals surface area contributed by atoms with Crippen molar-refractivity contribution in [2.24, 2.45) is 5.92 Å². The molecule has 0 aromatic heterocycles. The van der Waals surface area contributed by atoms with Gasteiger partial charge in [-0.2, -0.15) is 0 Å². The predicted molar refractivity (Wildman–Crippen MR) is 49.7 cm³/mol. The molecule has 0 bridgehead atoms. The van der Waals surface area contributed by atoms with Gasteiger partial charge in [-0.1, -0.05) is 20.8 Å². The topological polar surface area (TPSA) is 12.0 Å². The molecule has 0 aliphatic heterocycles. The van der Waals surface area contributed by atoms with Gasteiger partial charge in [-0.25, -0.2) is 0 Å². The SMILES string of the molecule is CCC(CC)NC1CC(C)C1. The third kappa shape index (κ3) is 2.48. The van der Waals surface area contributed by atoms with Crippen molar-refractivity contribution in [2.45, 2.75) is 58.5 Å². The highest BCUT2D eigenvalue weighted by Gasteiger charge is 2.25. The lowest BCUT2D eigenvalue weighted by atomic mass is 9.81. The summed E-state index contributed by atoms with van der Waals surface area (Å²) < 4.78 is 0. The molecule has 0 heterocycles. The van der Waals surface area contributed by atoms with Gasteiger partial charge in [0.25, 0.3) is 0 Å². The summed E-state index contributed by atoms with van der Waals surface area (Å²) in [6.07, 6.45) is 5.36. The molecule has 0 saturated heterocycles. The van der Waals surface area contributed by atoms with Gasteiger partial charge in [-0.15, -0.1) is 0 Å². The maximum atomic E-state index is 3.68. The summed E-state index contributed by atoms with van der Waals surface area (Å²) in [6.45, 7) is 6.87. The van der Waals surface area contributed by atoms with E-state index in [-0.39, 0.29) is 0 Å². The molecule has 1 N–H and O–H groups in total. The van der Waals surface area contributed by atoms with Crippen LogP contribution in [-0.4, -0.2) is 12.1 Å². The summed E-state index contributed by atoms with van der Waals surface area (Å²) in [5.74, 6) is 0.974. The van der Waals surface area contributed by atoms with E-state index < -0.39 is 0 Å². The first-order valence-electron chi connectivity index (χ1n) is 5.02. The van der Waals surface area contributed by atoms with Crippen molar-refractivity contribution in [1.29, 1.82) is 0 Å². The third-order valence-corrected chi connectivity index (χ3v) is 2.83. The molecule has 1 rings (SSSR count). The zero-order valence-corrected chi connectivity index (χ0v) is 8.06. The van der Waals surface area contributed by atoms with Gasteiger partial charge in [0.2, 0.25) is 0 Å². The molecule has 1 heteroatoms. The standard InChI is InChI=1S/C10H21N/c1-4-9(5-2)11-10-6-8(3)7-10/h8-11H,4-7H2,1-3H3. The molecule has 1 aliphatic carbocycles. The molecule has 0 unspecified atom stereocenters. The zero-order valence-electron chi connectivity index (χ0n) is 8.06. The minimum absolute atomic E-state index is 0.771. The van der Waals surface area contributed by atoms with Crippen LogP contribution in [0.1, 0.15) is 46.5 Å². The van der Waals surface area contributed by atoms with Gasteiger partial charge in [0, 0.05) is 12.1 Å². The molecule has 1 saturated carbocycles. The Hall–Kier alpha value is -0.0400. The summed E-state index contributed by atoms with van der Waals surface area (Å²) in [5.41, 5.74) is 0. The highest BCUT2D eigenvalue weighted by atomic mass is 15.0. The Bertz CT molecular complexity index is 101. The Morgan fingerprint density at radius 1 is 1.27 bits per heavy atom. The highest BCUT2D eigenvalue weighted by molar-refractivity contribution is 4.84. The van der Waals surface area contributed by atoms with Crippen molar-refractivity contribution >= 4 is 0 Å². The lowest BCUT2D eigenvalue weighted by molar-refractivity contribution is 0.218. The van der Waals surface area contributed by atoms with Gasteiger partial charge in [-0.3, -0.25) is 0 Å². The van der Waals surface area contributed by atoms with E-state index in [9.17, 15) is 0 Å². The molecule has 0 aromatic carbocycles. The second kappa shape index (κ2) is 4.10. The minimum Gasteiger partial charge on any atom is -0.311 e. The average Bonchev–Trinajstić information content (AvgIpc) is 1.96. The minimum atomic E-state index is 0.771. The Labute approximate surface area is 70.6 Å². The molecule has 66 valence electrons. The molecular formula is C10H21N. The van der Waals surface area contributed by atoms with Crippen molar-refractivity contribution in [3.63, 3.8) is 0 Å². The summed E-state index contributed by atoms with van der Waals surface area (Å²) in [6, 6.07) is 1.61. The predicted octanol–water partition coefficient (Wildman–Crippen LogP) is 2.56. The van der Waals surface area contributed by atoms with Gasteiger partial charge < -0.3 is 5.32 Å². The molecule has 1 aliphatic rings. The van der Waals surface area contributed by atoms with Crippen LogP contribution in [0.15, 0.2) is 0 Å². The number of rotatable bonds is 4. The van der Waals surface area contributed by atoms with Crippen LogP contribution >= 0.6 is 0 Å². The average molecular weight is 155 g/mol. The molecule has 0 aromatic rings. The van der Waals surface area contributed by atoms with Crippen LogP contribution in [0.2, 0.25) is 0 Å². The number of nitrogens with one attached hydrogen (secondary N) is 1. The lowest BCUT2D eigenvalue weighted by Crippen LogP contribution is -2.45. The number of hydrogen-bond acceptors (Lipinski definition) is 1. The highest BCUT2D eigenvalue weighted by Crippen LogP contribution is 2.26. The van der Waals surface area contributed by atoms with E-state index in [0.29, 0.717) is 0 Å². The van der Waals surface area contributed by atoms with Crippen LogP contribution in [0, 0.1) is 5.92 Å². The fraction of sp³-hybridized carbons (Fsp3) is 1.00. The first-order valence-corrected chi connectivity index (χ1v) is 5.02. The lowest BCUT2D eigenvalue weighted by Gasteiger charge is -2.36. The van der Waals surface area contributed by atoms with E-state index in [4.69, 9.17) is 0 Å². The monoisotopic (exact) mass is 155 g/mol. The van der Waals surface area contributed by atoms with Gasteiger partial charge in [0.15, 0.2) is 0 Å². The Morgan fingerprint density at radius 3 is 2.18 bits per heavy atom. The molecule has 0 radical (unpaired) electrons. The van der Waals surface area contributed by atoms with Crippen LogP contribution < -0.4 is 5.32 Å². The van der Waals surface area contributed by atoms with Crippen molar-refractivity contribution < 1.29 is 0 Å². The van der Waals surface area contributed by atoms with Crippen LogP contribution in [0.5, 0.6) is 0 Å². The third-order valence-electron chi connectivity index (χ3n) is 2.83. The van der Waals surface area contributed by atoms with Crippen molar-refractivity contribution in [2.75, 3.05) is 0 Å². The van der Waals surface area contributed by atoms with E-state index >= 15 is 0 Å². The first-order chi connectivity index (χ1) is 5.26. The fourth-order valence-electron chi connectivity index (χ4n) is 1.90. The quantitative estimate of drug-likeness (QED) is 0.658. The van der Waals surface area contributed by atoms with Crippen LogP contribution in [0.25, 0.3) is 0 Å². The molecule has 11 heavy (non-hydrogen) atoms. The second-order valence-electron chi connectivity index (χ2n) is 3.95. The smallest absolute Gasteiger partial charge is 0.00747 e. The van der Waals surface area contributed by atoms with E-state index in [1.54, 1.807) is 0 Å². The van der Waals surface area contributed by atoms with E-state index in [2.05, 4.69) is 26.1 Å². The van der Waals surface area contributed by atoms with Crippen molar-refractivity contribution in [3.8, 4) is 0 Å². The molecule has 1 nitrogen and oxygen atoms in total. The van der Waals surface area contributed by atoms with E-state index in [1.165, 1.54) is 25.7 Å². The summed E-state index contributed by atoms with van der Waals surface area (Å²) in [7, 11) is 0. The largest absolute Gasteiger partial charge is 0.311 e. The fourth-order valence-corrected chi connectivity index (χ4v) is 1.90. The maximum absolute atomic E-state index is 3.68. The van der Waals surface area contributed by atoms with E-state index in [1.807, 2.05) is 0 Å². The Balaban J connectivity index is 2.09. The van der Waals surface area contributed by atoms with E-state index in [0.717, 1.165) is 18.0 Å². The zero-order chi connectivity index (χ0) is 8.27. The van der Waals surface area contributed by atoms with Crippen LogP contribution in [0.4, 0.5) is 0 Å². The van der Waals surface area contributed by atoms with Crippen LogP contribution in [-0.2, 0) is 0 Å². The van der Waals surface area contributed by atoms with Crippen LogP contribution in [0.3, 0.4) is 0 Å². The summed E-state index contributed by atoms with van der Waals surface area (Å²) in [4.78, 5) is 0. The molecule has 1 fully saturated rings. The number of hydrogen-bond donors (Lipinski definition) is 1. The maximum Gasteiger partial charge on any atom is 0.00747 e. The van der Waals surface area contributed by atoms with Gasteiger partial charge in [-0.05, 0) is 31.6 Å². The van der Waals surface area contributed by atoms with Crippen molar-refractivity contribution in [3.05, 3.63) is 0 Å².